The van der Waals surface area contributed by atoms with E-state index in [9.17, 15) is 9.59 Å². The number of nitrogens with one attached hydrogen (secondary N) is 1. The smallest absolute Gasteiger partial charge is 0.357 e. The third-order valence-corrected chi connectivity index (χ3v) is 3.12. The second-order valence-corrected chi connectivity index (χ2v) is 4.35. The summed E-state index contributed by atoms with van der Waals surface area (Å²) in [4.78, 5) is 28.0. The lowest BCUT2D eigenvalue weighted by atomic mass is 10.3. The van der Waals surface area contributed by atoms with Crippen molar-refractivity contribution in [3.63, 3.8) is 0 Å². The first kappa shape index (κ1) is 13.7. The van der Waals surface area contributed by atoms with E-state index in [0.717, 1.165) is 4.68 Å². The van der Waals surface area contributed by atoms with Crippen LogP contribution in [-0.4, -0.2) is 44.4 Å². The third-order valence-electron chi connectivity index (χ3n) is 3.12. The minimum Gasteiger partial charge on any atom is -0.497 e. The molecule has 1 aromatic carbocycles. The van der Waals surface area contributed by atoms with Crippen LogP contribution in [0.5, 0.6) is 5.75 Å². The van der Waals surface area contributed by atoms with Crippen LogP contribution in [0.2, 0.25) is 0 Å². The second-order valence-electron chi connectivity index (χ2n) is 4.35. The molecule has 0 bridgehead atoms. The predicted molar refractivity (Wildman–Crippen MR) is 76.3 cm³/mol. The summed E-state index contributed by atoms with van der Waals surface area (Å²) in [7, 11) is 3.03. The Labute approximate surface area is 124 Å². The number of methoxy groups -OCH3 is 1. The fourth-order valence-electron chi connectivity index (χ4n) is 1.97. The second kappa shape index (κ2) is 5.28. The van der Waals surface area contributed by atoms with Crippen molar-refractivity contribution in [1.82, 2.24) is 29.7 Å². The Balaban J connectivity index is 2.14. The van der Waals surface area contributed by atoms with Crippen LogP contribution >= 0.6 is 0 Å². The first-order chi connectivity index (χ1) is 10.7. The summed E-state index contributed by atoms with van der Waals surface area (Å²) >= 11 is 0. The van der Waals surface area contributed by atoms with Crippen LogP contribution in [0.3, 0.4) is 0 Å². The van der Waals surface area contributed by atoms with Crippen LogP contribution in [0.4, 0.5) is 0 Å². The Morgan fingerprint density at radius 3 is 2.64 bits per heavy atom. The normalized spacial score (nSPS) is 10.6. The van der Waals surface area contributed by atoms with E-state index >= 15 is 0 Å². The summed E-state index contributed by atoms with van der Waals surface area (Å²) in [5.41, 5.74) is 0.205. The maximum atomic E-state index is 12.4. The van der Waals surface area contributed by atoms with E-state index in [-0.39, 0.29) is 11.3 Å². The van der Waals surface area contributed by atoms with Gasteiger partial charge in [-0.3, -0.25) is 4.79 Å². The molecule has 1 amide bonds. The van der Waals surface area contributed by atoms with Crippen LogP contribution in [0.15, 0.2) is 35.4 Å². The van der Waals surface area contributed by atoms with Crippen LogP contribution in [-0.2, 0) is 0 Å². The highest BCUT2D eigenvalue weighted by Crippen LogP contribution is 2.13. The van der Waals surface area contributed by atoms with Gasteiger partial charge in [-0.25, -0.2) is 14.2 Å². The number of nitrogens with zero attached hydrogens (tertiary/aromatic N) is 5. The van der Waals surface area contributed by atoms with Gasteiger partial charge in [-0.05, 0) is 24.3 Å². The van der Waals surface area contributed by atoms with Crippen molar-refractivity contribution in [1.29, 1.82) is 0 Å². The molecule has 9 heteroatoms. The first-order valence-corrected chi connectivity index (χ1v) is 6.35. The highest BCUT2D eigenvalue weighted by atomic mass is 16.5. The van der Waals surface area contributed by atoms with Crippen LogP contribution in [0, 0.1) is 0 Å². The molecular formula is C13H12N6O3. The lowest BCUT2D eigenvalue weighted by Gasteiger charge is -2.05. The number of carbonyl (C=O) groups is 1. The van der Waals surface area contributed by atoms with E-state index < -0.39 is 11.6 Å². The van der Waals surface area contributed by atoms with Crippen molar-refractivity contribution in [2.75, 3.05) is 14.2 Å². The SMILES string of the molecule is CNC(=O)c1ncn2c(=O)n(-c3ccc(OC)cc3)nnc12. The Morgan fingerprint density at radius 2 is 2.00 bits per heavy atom. The van der Waals surface area contributed by atoms with Gasteiger partial charge in [0.1, 0.15) is 12.1 Å². The van der Waals surface area contributed by atoms with Crippen molar-refractivity contribution >= 4 is 11.6 Å². The van der Waals surface area contributed by atoms with Gasteiger partial charge >= 0.3 is 5.69 Å². The molecular weight excluding hydrogens is 288 g/mol. The number of aromatic nitrogens is 5. The molecule has 0 unspecified atom stereocenters. The molecule has 9 nitrogen and oxygen atoms in total. The summed E-state index contributed by atoms with van der Waals surface area (Å²) in [6, 6.07) is 6.77. The van der Waals surface area contributed by atoms with Gasteiger partial charge in [-0.15, -0.1) is 5.10 Å². The Bertz CT molecular complexity index is 896. The first-order valence-electron chi connectivity index (χ1n) is 6.35. The van der Waals surface area contributed by atoms with Crippen LogP contribution in [0.1, 0.15) is 10.5 Å². The molecule has 0 aliphatic carbocycles. The average molecular weight is 300 g/mol. The molecule has 0 radical (unpaired) electrons. The monoisotopic (exact) mass is 300 g/mol. The van der Waals surface area contributed by atoms with Gasteiger partial charge in [0.25, 0.3) is 5.91 Å². The number of amides is 1. The van der Waals surface area contributed by atoms with Crippen molar-refractivity contribution in [2.24, 2.45) is 0 Å². The number of hydrogen-bond acceptors (Lipinski definition) is 6. The lowest BCUT2D eigenvalue weighted by Crippen LogP contribution is -2.29. The number of benzene rings is 1. The van der Waals surface area contributed by atoms with Gasteiger partial charge in [0.2, 0.25) is 0 Å². The summed E-state index contributed by atoms with van der Waals surface area (Å²) in [6.07, 6.45) is 1.25. The quantitative estimate of drug-likeness (QED) is 0.708. The van der Waals surface area contributed by atoms with Crippen LogP contribution < -0.4 is 15.7 Å². The Morgan fingerprint density at radius 1 is 1.27 bits per heavy atom. The van der Waals surface area contributed by atoms with E-state index in [1.54, 1.807) is 31.4 Å². The van der Waals surface area contributed by atoms with E-state index in [1.165, 1.54) is 17.8 Å². The largest absolute Gasteiger partial charge is 0.497 e. The molecule has 0 spiro atoms. The van der Waals surface area contributed by atoms with Crippen molar-refractivity contribution in [3.8, 4) is 11.4 Å². The molecule has 22 heavy (non-hydrogen) atoms. The molecule has 2 heterocycles. The zero-order valence-corrected chi connectivity index (χ0v) is 11.8. The maximum absolute atomic E-state index is 12.4. The molecule has 3 rings (SSSR count). The molecule has 0 saturated carbocycles. The maximum Gasteiger partial charge on any atom is 0.357 e. The molecule has 0 aliphatic rings. The van der Waals surface area contributed by atoms with Gasteiger partial charge in [-0.1, -0.05) is 5.21 Å². The lowest BCUT2D eigenvalue weighted by molar-refractivity contribution is 0.0960. The van der Waals surface area contributed by atoms with E-state index in [0.29, 0.717) is 11.4 Å². The van der Waals surface area contributed by atoms with E-state index in [4.69, 9.17) is 4.74 Å². The molecule has 1 N–H and O–H groups in total. The highest BCUT2D eigenvalue weighted by molar-refractivity contribution is 5.97. The topological polar surface area (TPSA) is 103 Å². The molecule has 2 aromatic heterocycles. The van der Waals surface area contributed by atoms with Crippen molar-refractivity contribution in [3.05, 3.63) is 46.8 Å². The minimum atomic E-state index is -0.474. The molecule has 0 aliphatic heterocycles. The molecule has 0 atom stereocenters. The highest BCUT2D eigenvalue weighted by Gasteiger charge is 2.16. The van der Waals surface area contributed by atoms with Gasteiger partial charge in [0.15, 0.2) is 11.3 Å². The third kappa shape index (κ3) is 2.08. The molecule has 0 saturated heterocycles. The predicted octanol–water partition coefficient (Wildman–Crippen LogP) is -0.357. The number of ether oxygens (including phenoxy) is 1. The zero-order chi connectivity index (χ0) is 15.7. The van der Waals surface area contributed by atoms with Gasteiger partial charge in [0, 0.05) is 7.05 Å². The van der Waals surface area contributed by atoms with Gasteiger partial charge in [-0.2, -0.15) is 4.68 Å². The minimum absolute atomic E-state index is 0.0500. The number of fused-ring (bicyclic) bond motifs is 1. The number of imidazole rings is 1. The summed E-state index contributed by atoms with van der Waals surface area (Å²) in [6.45, 7) is 0. The summed E-state index contributed by atoms with van der Waals surface area (Å²) in [5, 5.41) is 10.2. The average Bonchev–Trinajstić information content (AvgIpc) is 2.99. The van der Waals surface area contributed by atoms with Crippen molar-refractivity contribution in [2.45, 2.75) is 0 Å². The summed E-state index contributed by atoms with van der Waals surface area (Å²) in [5.74, 6) is 0.230. The zero-order valence-electron chi connectivity index (χ0n) is 11.8. The Hall–Kier alpha value is -3.23. The molecule has 112 valence electrons. The van der Waals surface area contributed by atoms with E-state index in [1.807, 2.05) is 0 Å². The fraction of sp³-hybridized carbons (Fsp3) is 0.154. The van der Waals surface area contributed by atoms with Crippen LogP contribution in [0.25, 0.3) is 11.3 Å². The Kier molecular flexibility index (Phi) is 3.30. The number of hydrogen-bond donors (Lipinski definition) is 1. The fourth-order valence-corrected chi connectivity index (χ4v) is 1.97. The van der Waals surface area contributed by atoms with Crippen molar-refractivity contribution < 1.29 is 9.53 Å². The standard InChI is InChI=1S/C13H12N6O3/c1-14-12(20)10-11-16-17-19(13(21)18(11)7-15-10)8-3-5-9(22-2)6-4-8/h3-7H,1-2H3,(H,14,20). The number of carbonyl (C=O) groups excluding carboxylic acids is 1. The van der Waals surface area contributed by atoms with Gasteiger partial charge in [0.05, 0.1) is 12.8 Å². The number of rotatable bonds is 3. The van der Waals surface area contributed by atoms with E-state index in [2.05, 4.69) is 20.6 Å². The molecule has 0 fully saturated rings. The van der Waals surface area contributed by atoms with Gasteiger partial charge < -0.3 is 10.1 Å². The summed E-state index contributed by atoms with van der Waals surface area (Å²) < 4.78 is 7.35. The molecule has 3 aromatic rings.